The highest BCUT2D eigenvalue weighted by Gasteiger charge is 2.49. The van der Waals surface area contributed by atoms with Gasteiger partial charge in [-0.05, 0) is 90.9 Å². The minimum Gasteiger partial charge on any atom is -0.458 e. The Bertz CT molecular complexity index is 4930. The van der Waals surface area contributed by atoms with Gasteiger partial charge in [-0.1, -0.05) is 43.9 Å². The zero-order valence-electron chi connectivity index (χ0n) is 63.6. The molecule has 0 unspecified atom stereocenters. The summed E-state index contributed by atoms with van der Waals surface area (Å²) in [4.78, 5) is 88.9. The van der Waals surface area contributed by atoms with Gasteiger partial charge in [-0.15, -0.1) is 11.5 Å². The number of aryl methyl sites for hydroxylation is 2. The molecular formula is C76H90N10O30. The minimum atomic E-state index is -1.92. The molecule has 6 aliphatic heterocycles. The van der Waals surface area contributed by atoms with E-state index in [4.69, 9.17) is 93.3 Å². The highest BCUT2D eigenvalue weighted by atomic mass is 16.7. The van der Waals surface area contributed by atoms with Crippen molar-refractivity contribution in [2.45, 2.75) is 165 Å². The Kier molecular flexibility index (Phi) is 29.4. The standard InChI is InChI=1S/C38H45N5O15.C30H30N2O9.C8H15N3O6/c1-3-22-23-13-21(5-6-27(23)39-30-24(22)16-43-28(30)14-26-25(34(43)48)19-56-36(49)38(26,51)4-2)57-37(50)55-12-11-52-9-10-53-18-20-15-42(41-40-20)7-8-54-35-33(47)32(46)31(45)29(17-44)58-35;1-4-9-37-10-11-38-12-13-39-29(35)41-18-7-8-24-20(14-18)19(5-2)21-16-32-25(26(21)31-24)15-23-22(27(32)33)17-40-28(34)30(23,36)6-3;9-11-10-1-2-16-8-7(15)6(14)5(13)4(3-12)17-8/h5-6,13-15,29,31-33,35,44-47,51H,3-4,7-12,16-19H2,1-2H3;1,7-8,14-15,36H,5-6,9-13,16-17H2,2-3H3;4-8,12-15H,1-3H2/t29-,31-,32+,33-,35-,38-;30-;4-,5-,6+,7-,8-/m000/s1. The number of aromatic nitrogens is 7. The van der Waals surface area contributed by atoms with Crippen molar-refractivity contribution in [2.75, 3.05) is 92.4 Å². The molecule has 40 heteroatoms. The van der Waals surface area contributed by atoms with Crippen LogP contribution in [0.25, 0.3) is 55.0 Å². The van der Waals surface area contributed by atoms with Crippen molar-refractivity contribution in [2.24, 2.45) is 5.11 Å². The summed E-state index contributed by atoms with van der Waals surface area (Å²) in [6, 6.07) is 13.4. The number of pyridine rings is 4. The molecule has 0 bridgehead atoms. The monoisotopic (exact) mass is 1620 g/mol. The molecule has 7 aromatic rings. The Balaban J connectivity index is 0.000000197. The lowest BCUT2D eigenvalue weighted by molar-refractivity contribution is -0.301. The maximum absolute atomic E-state index is 13.6. The van der Waals surface area contributed by atoms with Crippen molar-refractivity contribution < 1.29 is 137 Å². The maximum atomic E-state index is 13.6. The molecule has 11 heterocycles. The summed E-state index contributed by atoms with van der Waals surface area (Å²) < 4.78 is 78.4. The smallest absolute Gasteiger partial charge is 0.458 e. The summed E-state index contributed by atoms with van der Waals surface area (Å²) in [6.45, 7) is 8.36. The van der Waals surface area contributed by atoms with E-state index >= 15 is 0 Å². The van der Waals surface area contributed by atoms with Crippen molar-refractivity contribution in [3.8, 4) is 46.6 Å². The Morgan fingerprint density at radius 1 is 0.603 bits per heavy atom. The largest absolute Gasteiger partial charge is 0.513 e. The van der Waals surface area contributed by atoms with Gasteiger partial charge < -0.3 is 127 Å². The fraction of sp³-hybridized carbons (Fsp3) is 0.526. The Morgan fingerprint density at radius 3 is 1.51 bits per heavy atom. The number of fused-ring (bicyclic) bond motifs is 10. The molecule has 624 valence electrons. The zero-order valence-corrected chi connectivity index (χ0v) is 63.6. The molecule has 0 spiro atoms. The number of ether oxygens (including phenoxy) is 14. The first kappa shape index (κ1) is 86.8. The van der Waals surface area contributed by atoms with Gasteiger partial charge in [-0.25, -0.2) is 33.8 Å². The highest BCUT2D eigenvalue weighted by Crippen LogP contribution is 2.44. The number of aliphatic hydroxyl groups excluding tert-OH is 8. The van der Waals surface area contributed by atoms with Crippen LogP contribution in [0.1, 0.15) is 90.7 Å². The quantitative estimate of drug-likeness (QED) is 0.00418. The number of carbonyl (C=O) groups excluding carboxylic acids is 4. The van der Waals surface area contributed by atoms with Crippen LogP contribution in [-0.2, 0) is 130 Å². The van der Waals surface area contributed by atoms with Gasteiger partial charge in [0.15, 0.2) is 23.8 Å². The number of aliphatic hydroxyl groups is 10. The molecule has 0 amide bonds. The molecule has 40 nitrogen and oxygen atoms in total. The van der Waals surface area contributed by atoms with E-state index in [1.165, 1.54) is 4.68 Å². The fourth-order valence-corrected chi connectivity index (χ4v) is 14.0. The van der Waals surface area contributed by atoms with E-state index in [9.17, 15) is 74.7 Å². The summed E-state index contributed by atoms with van der Waals surface area (Å²) in [5.74, 6) is 1.34. The van der Waals surface area contributed by atoms with Gasteiger partial charge >= 0.3 is 24.2 Å². The zero-order chi connectivity index (χ0) is 83.1. The lowest BCUT2D eigenvalue weighted by Crippen LogP contribution is -2.59. The molecule has 12 atom stereocenters. The van der Waals surface area contributed by atoms with Gasteiger partial charge in [0.1, 0.15) is 99.1 Å². The van der Waals surface area contributed by atoms with Gasteiger partial charge in [-0.2, -0.15) is 0 Å². The number of benzene rings is 2. The number of esters is 2. The second-order valence-corrected chi connectivity index (χ2v) is 27.1. The second kappa shape index (κ2) is 39.3. The number of nitrogens with zero attached hydrogens (tertiary/aromatic N) is 10. The molecular weight excluding hydrogens is 1530 g/mol. The van der Waals surface area contributed by atoms with Crippen LogP contribution in [-0.4, -0.2) is 263 Å². The van der Waals surface area contributed by atoms with Crippen molar-refractivity contribution in [3.63, 3.8) is 0 Å². The topological polar surface area (TPSA) is 549 Å². The summed E-state index contributed by atoms with van der Waals surface area (Å²) in [7, 11) is 0. The van der Waals surface area contributed by atoms with E-state index in [1.54, 1.807) is 77.7 Å². The predicted octanol–water partition coefficient (Wildman–Crippen LogP) is 0.736. The fourth-order valence-electron chi connectivity index (χ4n) is 14.0. The van der Waals surface area contributed by atoms with Crippen LogP contribution in [0.15, 0.2) is 69.4 Å². The van der Waals surface area contributed by atoms with Crippen LogP contribution >= 0.6 is 0 Å². The molecule has 6 aliphatic rings. The Morgan fingerprint density at radius 2 is 1.06 bits per heavy atom. The van der Waals surface area contributed by atoms with Gasteiger partial charge in [0.05, 0.1) is 143 Å². The third-order valence-corrected chi connectivity index (χ3v) is 20.2. The molecule has 0 aliphatic carbocycles. The molecule has 2 aromatic carbocycles. The summed E-state index contributed by atoms with van der Waals surface area (Å²) in [5.41, 5.74) is 12.2. The first-order valence-electron chi connectivity index (χ1n) is 37.3. The molecule has 5 aromatic heterocycles. The second-order valence-electron chi connectivity index (χ2n) is 27.1. The summed E-state index contributed by atoms with van der Waals surface area (Å²) in [5, 5.41) is 111. The number of terminal acetylenes is 1. The third kappa shape index (κ3) is 18.8. The van der Waals surface area contributed by atoms with E-state index < -0.39 is 110 Å². The lowest BCUT2D eigenvalue weighted by atomic mass is 9.86. The average molecular weight is 1620 g/mol. The number of carbonyl (C=O) groups is 4. The third-order valence-electron chi connectivity index (χ3n) is 20.2. The van der Waals surface area contributed by atoms with E-state index in [1.807, 2.05) is 13.8 Å². The number of hydrogen-bond acceptors (Lipinski definition) is 35. The summed E-state index contributed by atoms with van der Waals surface area (Å²) in [6.07, 6.45) is -7.00. The van der Waals surface area contributed by atoms with Crippen molar-refractivity contribution in [1.29, 1.82) is 0 Å². The number of azide groups is 1. The van der Waals surface area contributed by atoms with Gasteiger partial charge in [0.25, 0.3) is 11.1 Å². The van der Waals surface area contributed by atoms with Crippen molar-refractivity contribution in [1.82, 2.24) is 34.1 Å². The maximum Gasteiger partial charge on any atom is 0.513 e. The van der Waals surface area contributed by atoms with Crippen LogP contribution in [0.2, 0.25) is 0 Å². The average Bonchev–Trinajstić information content (AvgIpc) is 1.55. The van der Waals surface area contributed by atoms with Crippen LogP contribution in [0.4, 0.5) is 9.59 Å². The lowest BCUT2D eigenvalue weighted by Gasteiger charge is -2.39. The van der Waals surface area contributed by atoms with E-state index in [0.717, 1.165) is 33.0 Å². The van der Waals surface area contributed by atoms with Crippen LogP contribution in [0, 0.1) is 12.3 Å². The van der Waals surface area contributed by atoms with Gasteiger partial charge in [-0.3, -0.25) is 9.59 Å². The SMILES string of the molecule is C#CCOCCOCCOC(=O)Oc1ccc2nc3c(c(CC)c2c1)Cn1c-3cc2c(c1=O)COC(=O)[C@]2(O)CC.CCc1c2c(nc3ccc(OC(=O)OCCOCCOCc4cn(CCO[C@H]5O[C@@H](CO)[C@H](O)[C@@H](O)[C@@H]5O)nn4)cc13)-c1cc3c(c(=O)n1C2)COC(=O)[C@]3(O)CC.[N-]=[N+]=NCCO[C@H]1O[C@@H](CO)[C@H](O)[C@@H](O)[C@@H]1O. The van der Waals surface area contributed by atoms with Gasteiger partial charge in [0.2, 0.25) is 0 Å². The molecule has 10 N–H and O–H groups in total. The Labute approximate surface area is 660 Å². The predicted molar refractivity (Wildman–Crippen MR) is 396 cm³/mol. The molecule has 2 saturated heterocycles. The first-order chi connectivity index (χ1) is 55.9. The summed E-state index contributed by atoms with van der Waals surface area (Å²) >= 11 is 0. The van der Waals surface area contributed by atoms with E-state index in [-0.39, 0.29) is 163 Å². The molecule has 13 rings (SSSR count). The first-order valence-corrected chi connectivity index (χ1v) is 37.3. The molecule has 0 radical (unpaired) electrons. The molecule has 116 heavy (non-hydrogen) atoms. The van der Waals surface area contributed by atoms with Crippen molar-refractivity contribution in [3.05, 3.63) is 136 Å². The number of rotatable bonds is 31. The normalized spacial score (nSPS) is 23.3. The van der Waals surface area contributed by atoms with Crippen LogP contribution < -0.4 is 20.6 Å². The van der Waals surface area contributed by atoms with Crippen molar-refractivity contribution >= 4 is 46.1 Å². The van der Waals surface area contributed by atoms with Crippen LogP contribution in [0.5, 0.6) is 11.5 Å². The number of cyclic esters (lactones) is 2. The van der Waals surface area contributed by atoms with Crippen LogP contribution in [0.3, 0.4) is 0 Å². The molecule has 0 saturated carbocycles. The van der Waals surface area contributed by atoms with Gasteiger partial charge in [0, 0.05) is 44.5 Å². The number of hydrogen-bond donors (Lipinski definition) is 10. The minimum absolute atomic E-state index is 0.00719. The Hall–Kier alpha value is -10.1. The molecule has 2 fully saturated rings. The van der Waals surface area contributed by atoms with E-state index in [2.05, 4.69) is 26.3 Å². The highest BCUT2D eigenvalue weighted by molar-refractivity contribution is 5.92. The van der Waals surface area contributed by atoms with E-state index in [0.29, 0.717) is 65.6 Å².